The molecule has 0 spiro atoms. The van der Waals surface area contributed by atoms with Crippen molar-refractivity contribution in [2.75, 3.05) is 0 Å². The molecule has 46 heavy (non-hydrogen) atoms. The molecule has 0 N–H and O–H groups in total. The maximum atomic E-state index is 4.83. The van der Waals surface area contributed by atoms with E-state index in [1.54, 1.807) is 6.20 Å². The molecule has 0 aliphatic rings. The molecule has 0 atom stereocenters. The molecular weight excluding hydrogens is 556 g/mol. The van der Waals surface area contributed by atoms with Gasteiger partial charge in [0.05, 0.1) is 5.69 Å². The van der Waals surface area contributed by atoms with Gasteiger partial charge in [-0.05, 0) is 94.5 Å². The topological polar surface area (TPSA) is 25.8 Å². The van der Waals surface area contributed by atoms with Crippen LogP contribution >= 0.6 is 0 Å². The second kappa shape index (κ2) is 10.8. The van der Waals surface area contributed by atoms with Crippen LogP contribution in [0.2, 0.25) is 0 Å². The second-order valence-electron chi connectivity index (χ2n) is 11.8. The van der Waals surface area contributed by atoms with Gasteiger partial charge in [-0.25, -0.2) is 0 Å². The van der Waals surface area contributed by atoms with Gasteiger partial charge in [0, 0.05) is 29.7 Å². The van der Waals surface area contributed by atoms with E-state index >= 15 is 0 Å². The summed E-state index contributed by atoms with van der Waals surface area (Å²) >= 11 is 0. The lowest BCUT2D eigenvalue weighted by Gasteiger charge is -2.13. The maximum absolute atomic E-state index is 4.83. The molecule has 9 rings (SSSR count). The van der Waals surface area contributed by atoms with E-state index in [2.05, 4.69) is 145 Å². The van der Waals surface area contributed by atoms with Crippen molar-refractivity contribution < 1.29 is 0 Å². The molecule has 214 valence electrons. The zero-order valence-corrected chi connectivity index (χ0v) is 25.1. The molecule has 0 aliphatic carbocycles. The molecule has 2 heteroatoms. The zero-order valence-electron chi connectivity index (χ0n) is 25.1. The molecule has 2 nitrogen and oxygen atoms in total. The van der Waals surface area contributed by atoms with Crippen molar-refractivity contribution >= 4 is 64.6 Å². The quantitative estimate of drug-likeness (QED) is 0.202. The molecule has 2 aromatic heterocycles. The lowest BCUT2D eigenvalue weighted by molar-refractivity contribution is 1.28. The third kappa shape index (κ3) is 4.27. The van der Waals surface area contributed by atoms with Gasteiger partial charge in [0.1, 0.15) is 0 Å². The molecule has 7 aromatic carbocycles. The van der Waals surface area contributed by atoms with Crippen molar-refractivity contribution in [3.05, 3.63) is 170 Å². The van der Waals surface area contributed by atoms with E-state index in [-0.39, 0.29) is 0 Å². The lowest BCUT2D eigenvalue weighted by atomic mass is 9.91. The van der Waals surface area contributed by atoms with Crippen molar-refractivity contribution in [3.8, 4) is 22.4 Å². The fraction of sp³-hybridized carbons (Fsp3) is 0. The fourth-order valence-corrected chi connectivity index (χ4v) is 7.06. The van der Waals surface area contributed by atoms with Crippen LogP contribution in [0.3, 0.4) is 0 Å². The van der Waals surface area contributed by atoms with Gasteiger partial charge in [-0.2, -0.15) is 0 Å². The Labute approximate surface area is 266 Å². The van der Waals surface area contributed by atoms with Gasteiger partial charge < -0.3 is 0 Å². The number of nitrogens with zero attached hydrogens (tertiary/aromatic N) is 2. The fourth-order valence-electron chi connectivity index (χ4n) is 7.06. The predicted molar refractivity (Wildman–Crippen MR) is 196 cm³/mol. The van der Waals surface area contributed by atoms with Gasteiger partial charge in [-0.15, -0.1) is 0 Å². The van der Waals surface area contributed by atoms with Gasteiger partial charge >= 0.3 is 0 Å². The van der Waals surface area contributed by atoms with Gasteiger partial charge in [-0.1, -0.05) is 127 Å². The summed E-state index contributed by atoms with van der Waals surface area (Å²) in [5.41, 5.74) is 4.13. The van der Waals surface area contributed by atoms with Crippen LogP contribution in [0.25, 0.3) is 87.0 Å². The summed E-state index contributed by atoms with van der Waals surface area (Å²) in [6.07, 6.45) is 5.62. The number of hydrogen-bond acceptors (Lipinski definition) is 2. The summed E-state index contributed by atoms with van der Waals surface area (Å²) < 4.78 is 0. The third-order valence-corrected chi connectivity index (χ3v) is 9.21. The number of rotatable bonds is 2. The molecule has 0 fully saturated rings. The van der Waals surface area contributed by atoms with Gasteiger partial charge in [0.15, 0.2) is 0 Å². The Kier molecular flexibility index (Phi) is 6.17. The average Bonchev–Trinajstić information content (AvgIpc) is 3.14. The zero-order chi connectivity index (χ0) is 30.5. The molecule has 2 heterocycles. The Morgan fingerprint density at radius 1 is 0.326 bits per heavy atom. The number of benzene rings is 6. The normalized spacial score (nSPS) is 11.5. The van der Waals surface area contributed by atoms with Crippen LogP contribution in [-0.2, 0) is 0 Å². The highest BCUT2D eigenvalue weighted by Gasteiger charge is 2.12. The number of aromatic nitrogens is 2. The first-order chi connectivity index (χ1) is 22.8. The van der Waals surface area contributed by atoms with Gasteiger partial charge in [-0.3, -0.25) is 9.97 Å². The largest absolute Gasteiger partial charge is 0.264 e. The van der Waals surface area contributed by atoms with E-state index in [1.165, 1.54) is 64.6 Å². The molecule has 0 aliphatic heterocycles. The Morgan fingerprint density at radius 3 is 1.50 bits per heavy atom. The Morgan fingerprint density at radius 2 is 0.870 bits per heavy atom. The van der Waals surface area contributed by atoms with Crippen molar-refractivity contribution in [2.45, 2.75) is 0 Å². The van der Waals surface area contributed by atoms with E-state index in [0.29, 0.717) is 0 Å². The molecule has 0 radical (unpaired) electrons. The first-order valence-corrected chi connectivity index (χ1v) is 15.6. The van der Waals surface area contributed by atoms with Crippen molar-refractivity contribution in [1.82, 2.24) is 9.97 Å². The Bertz CT molecular complexity index is 2680. The molecule has 0 saturated carbocycles. The van der Waals surface area contributed by atoms with E-state index in [4.69, 9.17) is 4.98 Å². The van der Waals surface area contributed by atoms with Crippen LogP contribution in [0.5, 0.6) is 0 Å². The first kappa shape index (κ1) is 26.3. The van der Waals surface area contributed by atoms with Crippen LogP contribution in [0.1, 0.15) is 0 Å². The van der Waals surface area contributed by atoms with Crippen molar-refractivity contribution in [1.29, 1.82) is 0 Å². The number of pyridine rings is 2. The minimum absolute atomic E-state index is 0.914. The number of fused-ring (bicyclic) bond motifs is 12. The van der Waals surface area contributed by atoms with E-state index < -0.39 is 0 Å². The van der Waals surface area contributed by atoms with Crippen molar-refractivity contribution in [3.63, 3.8) is 0 Å². The van der Waals surface area contributed by atoms with Crippen molar-refractivity contribution in [2.24, 2.45) is 0 Å². The highest BCUT2D eigenvalue weighted by molar-refractivity contribution is 6.30. The monoisotopic (exact) mass is 584 g/mol. The van der Waals surface area contributed by atoms with E-state index in [1.807, 2.05) is 24.5 Å². The van der Waals surface area contributed by atoms with Crippen LogP contribution in [0.15, 0.2) is 170 Å². The Balaban J connectivity index is 1.49. The summed E-state index contributed by atoms with van der Waals surface area (Å²) in [6, 6.07) is 55.0. The molecule has 0 saturated heterocycles. The van der Waals surface area contributed by atoms with Gasteiger partial charge in [0.2, 0.25) is 0 Å². The van der Waals surface area contributed by atoms with E-state index in [0.717, 1.165) is 22.4 Å². The molecular formula is C44H28N2. The van der Waals surface area contributed by atoms with Crippen LogP contribution in [0.4, 0.5) is 0 Å². The maximum Gasteiger partial charge on any atom is 0.0717 e. The predicted octanol–water partition coefficient (Wildman–Crippen LogP) is 11.9. The standard InChI is InChI=1S/C44H28N2/c1-2-12-33-29(10-1)19-23-41-42-26-30(31-21-24-43(46-28-31)32-11-9-25-45-27-32)20-22-39(42)37-16-6-4-14-35(37)34-13-3-5-15-36(34)38-17-7-8-18-40(38)44(33)41/h1-28H. The Hall–Kier alpha value is -6.12. The summed E-state index contributed by atoms with van der Waals surface area (Å²) in [5, 5.41) is 14.8. The van der Waals surface area contributed by atoms with Crippen LogP contribution in [-0.4, -0.2) is 9.97 Å². The molecule has 0 bridgehead atoms. The van der Waals surface area contributed by atoms with Gasteiger partial charge in [0.25, 0.3) is 0 Å². The highest BCUT2D eigenvalue weighted by atomic mass is 14.7. The minimum atomic E-state index is 0.914. The highest BCUT2D eigenvalue weighted by Crippen LogP contribution is 2.39. The average molecular weight is 585 g/mol. The summed E-state index contributed by atoms with van der Waals surface area (Å²) in [7, 11) is 0. The smallest absolute Gasteiger partial charge is 0.0717 e. The lowest BCUT2D eigenvalue weighted by Crippen LogP contribution is -1.87. The second-order valence-corrected chi connectivity index (χ2v) is 11.8. The van der Waals surface area contributed by atoms with E-state index in [9.17, 15) is 0 Å². The van der Waals surface area contributed by atoms with Crippen LogP contribution in [0, 0.1) is 0 Å². The summed E-state index contributed by atoms with van der Waals surface area (Å²) in [4.78, 5) is 9.11. The van der Waals surface area contributed by atoms with Crippen LogP contribution < -0.4 is 0 Å². The number of hydrogen-bond donors (Lipinski definition) is 0. The summed E-state index contributed by atoms with van der Waals surface area (Å²) in [6.45, 7) is 0. The molecule has 0 amide bonds. The third-order valence-electron chi connectivity index (χ3n) is 9.21. The SMILES string of the molecule is c1cncc(-c2ccc(-c3ccc4c5ccccc5c5ccccc5c5ccccc5c5c6ccccc6ccc5c4c3)cn2)c1. The molecule has 9 aromatic rings. The summed E-state index contributed by atoms with van der Waals surface area (Å²) in [5.74, 6) is 0. The minimum Gasteiger partial charge on any atom is -0.264 e. The molecule has 0 unspecified atom stereocenters. The first-order valence-electron chi connectivity index (χ1n) is 15.6.